The van der Waals surface area contributed by atoms with E-state index in [1.807, 2.05) is 0 Å². The van der Waals surface area contributed by atoms with Gasteiger partial charge in [0.2, 0.25) is 5.91 Å². The highest BCUT2D eigenvalue weighted by Gasteiger charge is 2.44. The molecule has 0 saturated carbocycles. The number of aliphatic hydroxyl groups excluding tert-OH is 5. The Morgan fingerprint density at radius 1 is 0.565 bits per heavy atom. The van der Waals surface area contributed by atoms with E-state index in [1.54, 1.807) is 0 Å². The fourth-order valence-corrected chi connectivity index (χ4v) is 7.83. The zero-order valence-electron chi connectivity index (χ0n) is 39.6. The molecule has 1 amide bonds. The van der Waals surface area contributed by atoms with E-state index in [4.69, 9.17) is 9.47 Å². The lowest BCUT2D eigenvalue weighted by molar-refractivity contribution is -0.302. The van der Waals surface area contributed by atoms with Crippen molar-refractivity contribution in [3.63, 3.8) is 0 Å². The van der Waals surface area contributed by atoms with Gasteiger partial charge in [0.1, 0.15) is 24.4 Å². The molecule has 6 N–H and O–H groups in total. The van der Waals surface area contributed by atoms with Crippen molar-refractivity contribution in [3.05, 3.63) is 60.8 Å². The molecule has 9 heteroatoms. The minimum Gasteiger partial charge on any atom is -0.394 e. The third-order valence-corrected chi connectivity index (χ3v) is 11.9. The van der Waals surface area contributed by atoms with Crippen molar-refractivity contribution in [3.8, 4) is 0 Å². The minimum atomic E-state index is -1.55. The van der Waals surface area contributed by atoms with Crippen LogP contribution in [-0.4, -0.2) is 87.5 Å². The maximum atomic E-state index is 13.0. The number of rotatable bonds is 42. The van der Waals surface area contributed by atoms with Gasteiger partial charge in [-0.1, -0.05) is 209 Å². The molecule has 0 aliphatic carbocycles. The van der Waals surface area contributed by atoms with Crippen LogP contribution in [0.2, 0.25) is 0 Å². The van der Waals surface area contributed by atoms with Crippen LogP contribution in [0.1, 0.15) is 213 Å². The molecule has 0 spiro atoms. The summed E-state index contributed by atoms with van der Waals surface area (Å²) in [7, 11) is 0. The molecule has 62 heavy (non-hydrogen) atoms. The first kappa shape index (κ1) is 57.9. The van der Waals surface area contributed by atoms with Gasteiger partial charge in [-0.15, -0.1) is 0 Å². The molecular weight excluding hydrogens is 779 g/mol. The normalized spacial score (nSPS) is 20.8. The van der Waals surface area contributed by atoms with Gasteiger partial charge < -0.3 is 40.3 Å². The van der Waals surface area contributed by atoms with Crippen LogP contribution >= 0.6 is 0 Å². The lowest BCUT2D eigenvalue weighted by atomic mass is 9.99. The van der Waals surface area contributed by atoms with Crippen LogP contribution in [0, 0.1) is 0 Å². The second-order valence-corrected chi connectivity index (χ2v) is 17.6. The fraction of sp³-hybridized carbons (Fsp3) is 0.792. The van der Waals surface area contributed by atoms with Crippen molar-refractivity contribution >= 4 is 5.91 Å². The van der Waals surface area contributed by atoms with E-state index in [-0.39, 0.29) is 12.5 Å². The average molecular weight is 874 g/mol. The first-order chi connectivity index (χ1) is 30.3. The molecule has 1 fully saturated rings. The molecule has 7 atom stereocenters. The highest BCUT2D eigenvalue weighted by atomic mass is 16.7. The standard InChI is InChI=1S/C53H95NO8/c1-3-5-7-9-11-13-14-15-16-17-18-19-20-21-22-23-24-25-26-27-28-29-30-31-32-33-34-35-37-39-41-43-49(57)54-46(47(56)42-40-38-36-12-10-8-6-4-2)45-61-53-52(60)51(59)50(58)48(44-55)62-53/h5,7,11,13,15-16,18-19,21-22,46-48,50-53,55-56,58-60H,3-4,6,8-10,12,14,17,20,23-45H2,1-2H3,(H,54,57)/b7-5-,13-11-,16-15-,19-18-,22-21-. The van der Waals surface area contributed by atoms with Gasteiger partial charge >= 0.3 is 0 Å². The lowest BCUT2D eigenvalue weighted by Gasteiger charge is -2.40. The Bertz CT molecular complexity index is 1150. The summed E-state index contributed by atoms with van der Waals surface area (Å²) in [5.41, 5.74) is 0. The van der Waals surface area contributed by atoms with Crippen molar-refractivity contribution in [1.82, 2.24) is 5.32 Å². The largest absolute Gasteiger partial charge is 0.394 e. The van der Waals surface area contributed by atoms with E-state index in [2.05, 4.69) is 79.9 Å². The minimum absolute atomic E-state index is 0.139. The number of unbranched alkanes of at least 4 members (excludes halogenated alkanes) is 22. The summed E-state index contributed by atoms with van der Waals surface area (Å²) in [5.74, 6) is -0.149. The van der Waals surface area contributed by atoms with E-state index in [0.29, 0.717) is 12.8 Å². The van der Waals surface area contributed by atoms with Crippen LogP contribution in [0.25, 0.3) is 0 Å². The summed E-state index contributed by atoms with van der Waals surface area (Å²) in [6.07, 6.45) is 49.8. The molecule has 1 rings (SSSR count). The number of carbonyl (C=O) groups is 1. The molecule has 0 aromatic rings. The highest BCUT2D eigenvalue weighted by Crippen LogP contribution is 2.23. The molecule has 1 heterocycles. The molecule has 1 aliphatic heterocycles. The van der Waals surface area contributed by atoms with Crippen molar-refractivity contribution < 1.29 is 39.8 Å². The topological polar surface area (TPSA) is 149 Å². The molecule has 0 aromatic heterocycles. The fourth-order valence-electron chi connectivity index (χ4n) is 7.83. The molecular formula is C53H95NO8. The highest BCUT2D eigenvalue weighted by molar-refractivity contribution is 5.76. The smallest absolute Gasteiger partial charge is 0.220 e. The summed E-state index contributed by atoms with van der Waals surface area (Å²) in [5, 5.41) is 54.2. The lowest BCUT2D eigenvalue weighted by Crippen LogP contribution is -2.60. The molecule has 7 unspecified atom stereocenters. The molecule has 0 aromatic carbocycles. The zero-order valence-corrected chi connectivity index (χ0v) is 39.6. The van der Waals surface area contributed by atoms with Gasteiger partial charge in [0.05, 0.1) is 25.4 Å². The van der Waals surface area contributed by atoms with Crippen LogP contribution in [0.15, 0.2) is 60.8 Å². The summed E-state index contributed by atoms with van der Waals surface area (Å²) in [6, 6.07) is -0.717. The summed E-state index contributed by atoms with van der Waals surface area (Å²) >= 11 is 0. The Balaban J connectivity index is 2.10. The van der Waals surface area contributed by atoms with E-state index in [0.717, 1.165) is 70.6 Å². The summed E-state index contributed by atoms with van der Waals surface area (Å²) in [6.45, 7) is 3.68. The Kier molecular flexibility index (Phi) is 40.0. The van der Waals surface area contributed by atoms with Gasteiger partial charge in [0, 0.05) is 6.42 Å². The Hall–Kier alpha value is -2.11. The quantitative estimate of drug-likeness (QED) is 0.0262. The zero-order chi connectivity index (χ0) is 45.1. The van der Waals surface area contributed by atoms with E-state index in [9.17, 15) is 30.3 Å². The number of carbonyl (C=O) groups excluding carboxylic acids is 1. The van der Waals surface area contributed by atoms with Crippen molar-refractivity contribution in [2.24, 2.45) is 0 Å². The number of hydrogen-bond acceptors (Lipinski definition) is 8. The molecule has 1 aliphatic rings. The van der Waals surface area contributed by atoms with E-state index in [1.165, 1.54) is 116 Å². The number of hydrogen-bond donors (Lipinski definition) is 6. The predicted octanol–water partition coefficient (Wildman–Crippen LogP) is 11.6. The van der Waals surface area contributed by atoms with Crippen molar-refractivity contribution in [2.45, 2.75) is 256 Å². The van der Waals surface area contributed by atoms with Gasteiger partial charge in [-0.3, -0.25) is 4.79 Å². The first-order valence-corrected chi connectivity index (χ1v) is 25.5. The van der Waals surface area contributed by atoms with Gasteiger partial charge in [-0.05, 0) is 57.8 Å². The van der Waals surface area contributed by atoms with E-state index >= 15 is 0 Å². The second kappa shape index (κ2) is 42.8. The monoisotopic (exact) mass is 874 g/mol. The van der Waals surface area contributed by atoms with Crippen molar-refractivity contribution in [2.75, 3.05) is 13.2 Å². The van der Waals surface area contributed by atoms with Gasteiger partial charge in [0.25, 0.3) is 0 Å². The van der Waals surface area contributed by atoms with Crippen LogP contribution < -0.4 is 5.32 Å². The van der Waals surface area contributed by atoms with Crippen molar-refractivity contribution in [1.29, 1.82) is 0 Å². The third-order valence-electron chi connectivity index (χ3n) is 11.9. The first-order valence-electron chi connectivity index (χ1n) is 25.5. The Morgan fingerprint density at radius 3 is 1.48 bits per heavy atom. The van der Waals surface area contributed by atoms with Gasteiger partial charge in [-0.25, -0.2) is 0 Å². The molecule has 0 bridgehead atoms. The number of allylic oxidation sites excluding steroid dienone is 10. The predicted molar refractivity (Wildman–Crippen MR) is 258 cm³/mol. The van der Waals surface area contributed by atoms with Crippen LogP contribution in [0.4, 0.5) is 0 Å². The summed E-state index contributed by atoms with van der Waals surface area (Å²) < 4.78 is 11.2. The molecule has 0 radical (unpaired) electrons. The molecule has 9 nitrogen and oxygen atoms in total. The van der Waals surface area contributed by atoms with Gasteiger partial charge in [-0.2, -0.15) is 0 Å². The number of nitrogens with one attached hydrogen (secondary N) is 1. The maximum Gasteiger partial charge on any atom is 0.220 e. The summed E-state index contributed by atoms with van der Waals surface area (Å²) in [4.78, 5) is 13.0. The number of aliphatic hydroxyl groups is 5. The SMILES string of the molecule is CC/C=C\C/C=C\C/C=C\C/C=C\C/C=C\CCCCCCCCCCCCCCCCCC(=O)NC(COC1OC(CO)C(O)C(O)C1O)C(O)CCCCCCCCCC. The van der Waals surface area contributed by atoms with E-state index < -0.39 is 49.5 Å². The number of amides is 1. The van der Waals surface area contributed by atoms with Gasteiger partial charge in [0.15, 0.2) is 6.29 Å². The average Bonchev–Trinajstić information content (AvgIpc) is 3.27. The Labute approximate surface area is 379 Å². The Morgan fingerprint density at radius 2 is 1.00 bits per heavy atom. The number of ether oxygens (including phenoxy) is 2. The molecule has 360 valence electrons. The van der Waals surface area contributed by atoms with Crippen LogP contribution in [0.3, 0.4) is 0 Å². The molecule has 1 saturated heterocycles. The van der Waals surface area contributed by atoms with Crippen LogP contribution in [0.5, 0.6) is 0 Å². The third kappa shape index (κ3) is 32.5. The second-order valence-electron chi connectivity index (χ2n) is 17.6. The maximum absolute atomic E-state index is 13.0. The van der Waals surface area contributed by atoms with Crippen LogP contribution in [-0.2, 0) is 14.3 Å².